The lowest BCUT2D eigenvalue weighted by atomic mass is 10.2. The summed E-state index contributed by atoms with van der Waals surface area (Å²) in [6.07, 6.45) is 1.65. The average Bonchev–Trinajstić information content (AvgIpc) is 3.12. The normalized spacial score (nSPS) is 11.7. The van der Waals surface area contributed by atoms with Gasteiger partial charge in [0.25, 0.3) is 0 Å². The summed E-state index contributed by atoms with van der Waals surface area (Å²) in [6.45, 7) is 2.72. The molecule has 160 valence electrons. The molecule has 0 spiro atoms. The first-order valence-electron chi connectivity index (χ1n) is 9.73. The lowest BCUT2D eigenvalue weighted by Crippen LogP contribution is -2.25. The van der Waals surface area contributed by atoms with Gasteiger partial charge in [-0.2, -0.15) is 0 Å². The van der Waals surface area contributed by atoms with Crippen LogP contribution in [0.1, 0.15) is 18.3 Å². The monoisotopic (exact) mass is 440 g/mol. The largest absolute Gasteiger partial charge is 0.494 e. The van der Waals surface area contributed by atoms with E-state index in [1.54, 1.807) is 36.5 Å². The SMILES string of the molecule is CCOc1ccc(S(=O)(=O)NCc2nc3cccnc3n2Cc2ccc(F)cc2)cc1. The van der Waals surface area contributed by atoms with Gasteiger partial charge < -0.3 is 9.30 Å². The zero-order valence-corrected chi connectivity index (χ0v) is 17.6. The number of rotatable bonds is 8. The molecule has 0 saturated carbocycles. The molecule has 1 N–H and O–H groups in total. The zero-order valence-electron chi connectivity index (χ0n) is 16.8. The molecule has 4 rings (SSSR count). The summed E-state index contributed by atoms with van der Waals surface area (Å²) in [5, 5.41) is 0. The first-order chi connectivity index (χ1) is 15.0. The number of halogens is 1. The Bertz CT molecular complexity index is 1290. The van der Waals surface area contributed by atoms with E-state index < -0.39 is 10.0 Å². The minimum atomic E-state index is -3.75. The van der Waals surface area contributed by atoms with E-state index in [0.29, 0.717) is 35.9 Å². The predicted octanol–water partition coefficient (Wildman–Crippen LogP) is 3.50. The van der Waals surface area contributed by atoms with Crippen molar-refractivity contribution >= 4 is 21.2 Å². The van der Waals surface area contributed by atoms with Crippen molar-refractivity contribution in [3.05, 3.63) is 84.1 Å². The highest BCUT2D eigenvalue weighted by molar-refractivity contribution is 7.89. The highest BCUT2D eigenvalue weighted by Crippen LogP contribution is 2.19. The van der Waals surface area contributed by atoms with Crippen LogP contribution in [0.2, 0.25) is 0 Å². The van der Waals surface area contributed by atoms with E-state index in [9.17, 15) is 12.8 Å². The van der Waals surface area contributed by atoms with Gasteiger partial charge in [0.1, 0.15) is 22.9 Å². The van der Waals surface area contributed by atoms with Gasteiger partial charge in [-0.05, 0) is 61.0 Å². The van der Waals surface area contributed by atoms with Crippen LogP contribution in [0, 0.1) is 5.82 Å². The molecule has 2 aromatic heterocycles. The van der Waals surface area contributed by atoms with Crippen molar-refractivity contribution in [2.24, 2.45) is 0 Å². The second-order valence-corrected chi connectivity index (χ2v) is 8.58. The number of hydrogen-bond acceptors (Lipinski definition) is 5. The third kappa shape index (κ3) is 4.73. The van der Waals surface area contributed by atoms with Gasteiger partial charge in [-0.15, -0.1) is 0 Å². The predicted molar refractivity (Wildman–Crippen MR) is 115 cm³/mol. The number of pyridine rings is 1. The third-order valence-electron chi connectivity index (χ3n) is 4.70. The van der Waals surface area contributed by atoms with Crippen molar-refractivity contribution in [1.29, 1.82) is 0 Å². The van der Waals surface area contributed by atoms with Crippen molar-refractivity contribution in [2.45, 2.75) is 24.9 Å². The van der Waals surface area contributed by atoms with E-state index >= 15 is 0 Å². The van der Waals surface area contributed by atoms with E-state index in [0.717, 1.165) is 5.56 Å². The Morgan fingerprint density at radius 2 is 1.81 bits per heavy atom. The van der Waals surface area contributed by atoms with Gasteiger partial charge in [0, 0.05) is 6.20 Å². The van der Waals surface area contributed by atoms with Crippen LogP contribution in [0.3, 0.4) is 0 Å². The molecule has 31 heavy (non-hydrogen) atoms. The van der Waals surface area contributed by atoms with Gasteiger partial charge >= 0.3 is 0 Å². The Hall–Kier alpha value is -3.30. The molecule has 0 aliphatic rings. The van der Waals surface area contributed by atoms with Gasteiger partial charge in [0.2, 0.25) is 10.0 Å². The third-order valence-corrected chi connectivity index (χ3v) is 6.12. The Kier molecular flexibility index (Phi) is 5.97. The van der Waals surface area contributed by atoms with E-state index in [4.69, 9.17) is 4.74 Å². The molecule has 0 aliphatic heterocycles. The Morgan fingerprint density at radius 3 is 2.52 bits per heavy atom. The Balaban J connectivity index is 1.59. The van der Waals surface area contributed by atoms with Crippen molar-refractivity contribution in [3.8, 4) is 5.75 Å². The fourth-order valence-electron chi connectivity index (χ4n) is 3.20. The van der Waals surface area contributed by atoms with Crippen LogP contribution in [0.5, 0.6) is 5.75 Å². The molecule has 0 amide bonds. The maximum atomic E-state index is 13.3. The average molecular weight is 441 g/mol. The number of nitrogens with zero attached hydrogens (tertiary/aromatic N) is 3. The highest BCUT2D eigenvalue weighted by Gasteiger charge is 2.18. The summed E-state index contributed by atoms with van der Waals surface area (Å²) in [7, 11) is -3.75. The molecule has 4 aromatic rings. The van der Waals surface area contributed by atoms with Crippen molar-refractivity contribution in [1.82, 2.24) is 19.3 Å². The number of ether oxygens (including phenoxy) is 1. The quantitative estimate of drug-likeness (QED) is 0.453. The lowest BCUT2D eigenvalue weighted by molar-refractivity contribution is 0.340. The highest BCUT2D eigenvalue weighted by atomic mass is 32.2. The second-order valence-electron chi connectivity index (χ2n) is 6.82. The minimum Gasteiger partial charge on any atom is -0.494 e. The smallest absolute Gasteiger partial charge is 0.240 e. The molecule has 0 fully saturated rings. The summed E-state index contributed by atoms with van der Waals surface area (Å²) in [6, 6.07) is 15.9. The van der Waals surface area contributed by atoms with Crippen LogP contribution in [-0.2, 0) is 23.1 Å². The number of imidazole rings is 1. The summed E-state index contributed by atoms with van der Waals surface area (Å²) in [4.78, 5) is 9.06. The van der Waals surface area contributed by atoms with Crippen LogP contribution in [-0.4, -0.2) is 29.6 Å². The van der Waals surface area contributed by atoms with Crippen molar-refractivity contribution < 1.29 is 17.5 Å². The van der Waals surface area contributed by atoms with Crippen LogP contribution in [0.4, 0.5) is 4.39 Å². The number of benzene rings is 2. The zero-order chi connectivity index (χ0) is 21.8. The number of sulfonamides is 1. The lowest BCUT2D eigenvalue weighted by Gasteiger charge is -2.11. The van der Waals surface area contributed by atoms with E-state index in [1.165, 1.54) is 24.3 Å². The molecule has 2 aromatic carbocycles. The van der Waals surface area contributed by atoms with Gasteiger partial charge in [-0.1, -0.05) is 12.1 Å². The van der Waals surface area contributed by atoms with Crippen LogP contribution >= 0.6 is 0 Å². The standard InChI is InChI=1S/C22H21FN4O3S/c1-2-30-18-9-11-19(12-10-18)31(28,29)25-14-21-26-20-4-3-13-24-22(20)27(21)15-16-5-7-17(23)8-6-16/h3-13,25H,2,14-15H2,1H3. The first kappa shape index (κ1) is 21.0. The van der Waals surface area contributed by atoms with Crippen molar-refractivity contribution in [2.75, 3.05) is 6.61 Å². The molecule has 9 heteroatoms. The van der Waals surface area contributed by atoms with E-state index in [1.807, 2.05) is 17.6 Å². The summed E-state index contributed by atoms with van der Waals surface area (Å²) < 4.78 is 48.5. The molecule has 0 bridgehead atoms. The molecule has 0 saturated heterocycles. The van der Waals surface area contributed by atoms with Crippen LogP contribution in [0.15, 0.2) is 71.8 Å². The number of aromatic nitrogens is 3. The molecule has 0 radical (unpaired) electrons. The minimum absolute atomic E-state index is 0.0207. The number of hydrogen-bond donors (Lipinski definition) is 1. The molecule has 7 nitrogen and oxygen atoms in total. The fraction of sp³-hybridized carbons (Fsp3) is 0.182. The Labute approximate surface area is 179 Å². The summed E-state index contributed by atoms with van der Waals surface area (Å²) >= 11 is 0. The molecule has 0 atom stereocenters. The van der Waals surface area contributed by atoms with Crippen molar-refractivity contribution in [3.63, 3.8) is 0 Å². The van der Waals surface area contributed by atoms with Gasteiger partial charge in [-0.3, -0.25) is 0 Å². The van der Waals surface area contributed by atoms with Gasteiger partial charge in [-0.25, -0.2) is 27.5 Å². The van der Waals surface area contributed by atoms with Crippen LogP contribution in [0.25, 0.3) is 11.2 Å². The van der Waals surface area contributed by atoms with Gasteiger partial charge in [0.15, 0.2) is 5.65 Å². The molecule has 0 unspecified atom stereocenters. The topological polar surface area (TPSA) is 86.1 Å². The second kappa shape index (κ2) is 8.83. The summed E-state index contributed by atoms with van der Waals surface area (Å²) in [5.41, 5.74) is 2.13. The maximum absolute atomic E-state index is 13.3. The molecule has 0 aliphatic carbocycles. The molecular weight excluding hydrogens is 419 g/mol. The maximum Gasteiger partial charge on any atom is 0.240 e. The number of nitrogens with one attached hydrogen (secondary N) is 1. The fourth-order valence-corrected chi connectivity index (χ4v) is 4.18. The first-order valence-corrected chi connectivity index (χ1v) is 11.2. The van der Waals surface area contributed by atoms with E-state index in [2.05, 4.69) is 14.7 Å². The van der Waals surface area contributed by atoms with Crippen LogP contribution < -0.4 is 9.46 Å². The molecule has 2 heterocycles. The van der Waals surface area contributed by atoms with E-state index in [-0.39, 0.29) is 17.3 Å². The van der Waals surface area contributed by atoms with Gasteiger partial charge in [0.05, 0.1) is 24.6 Å². The Morgan fingerprint density at radius 1 is 1.06 bits per heavy atom. The molecular formula is C22H21FN4O3S. The summed E-state index contributed by atoms with van der Waals surface area (Å²) in [5.74, 6) is 0.793. The number of fused-ring (bicyclic) bond motifs is 1.